The third-order valence-corrected chi connectivity index (χ3v) is 4.82. The van der Waals surface area contributed by atoms with Gasteiger partial charge in [-0.2, -0.15) is 8.78 Å². The van der Waals surface area contributed by atoms with Crippen LogP contribution in [0.3, 0.4) is 0 Å². The molecule has 0 saturated carbocycles. The van der Waals surface area contributed by atoms with Crippen LogP contribution < -0.4 is 16.9 Å². The maximum atomic E-state index is 13.7. The Morgan fingerprint density at radius 2 is 1.35 bits per heavy atom. The third-order valence-electron chi connectivity index (χ3n) is 4.23. The van der Waals surface area contributed by atoms with E-state index in [9.17, 15) is 8.78 Å². The van der Waals surface area contributed by atoms with E-state index in [4.69, 9.17) is 20.8 Å². The number of nitrogens with zero attached hydrogens (tertiary/aromatic N) is 2. The largest absolute Gasteiger partial charge is 0.499 e. The molecule has 2 aromatic rings. The molecule has 0 atom stereocenters. The first-order valence-electron chi connectivity index (χ1n) is 7.78. The molecule has 1 aliphatic rings. The Morgan fingerprint density at radius 1 is 0.885 bits per heavy atom. The summed E-state index contributed by atoms with van der Waals surface area (Å²) in [7, 11) is -0.742. The molecule has 0 spiro atoms. The van der Waals surface area contributed by atoms with Crippen LogP contribution in [0, 0.1) is 11.9 Å². The second-order valence-electron chi connectivity index (χ2n) is 6.71. The molecule has 1 aliphatic heterocycles. The SMILES string of the molecule is CC1(C)OB(c2ccc(N)nc2F)OC1(C)C.Nc1ccc(Br)c(F)n1. The van der Waals surface area contributed by atoms with Gasteiger partial charge in [0.25, 0.3) is 0 Å². The van der Waals surface area contributed by atoms with Crippen molar-refractivity contribution >= 4 is 40.1 Å². The first-order chi connectivity index (χ1) is 11.9. The number of pyridine rings is 2. The average molecular weight is 429 g/mol. The van der Waals surface area contributed by atoms with Crippen molar-refractivity contribution in [2.45, 2.75) is 38.9 Å². The lowest BCUT2D eigenvalue weighted by molar-refractivity contribution is 0.00578. The standard InChI is InChI=1S/C11H16BFN2O2.C5H4BrFN2/c1-10(2)11(3,4)17-12(16-10)7-5-6-8(14)15-9(7)13;6-3-1-2-4(8)9-5(3)7/h5-6H,1-4H3,(H2,14,15);1-2H,(H2,8,9). The van der Waals surface area contributed by atoms with Crippen LogP contribution in [-0.2, 0) is 9.31 Å². The summed E-state index contributed by atoms with van der Waals surface area (Å²) in [6, 6.07) is 6.11. The van der Waals surface area contributed by atoms with Crippen LogP contribution in [-0.4, -0.2) is 28.3 Å². The third kappa shape index (κ3) is 4.49. The lowest BCUT2D eigenvalue weighted by atomic mass is 9.80. The van der Waals surface area contributed by atoms with Crippen molar-refractivity contribution in [2.75, 3.05) is 11.5 Å². The van der Waals surface area contributed by atoms with Gasteiger partial charge >= 0.3 is 7.12 Å². The highest BCUT2D eigenvalue weighted by molar-refractivity contribution is 9.10. The van der Waals surface area contributed by atoms with E-state index in [0.717, 1.165) is 0 Å². The van der Waals surface area contributed by atoms with Crippen molar-refractivity contribution < 1.29 is 18.1 Å². The van der Waals surface area contributed by atoms with Gasteiger partial charge in [0.2, 0.25) is 11.9 Å². The number of hydrogen-bond donors (Lipinski definition) is 2. The molecule has 0 unspecified atom stereocenters. The molecule has 140 valence electrons. The van der Waals surface area contributed by atoms with Gasteiger partial charge in [-0.25, -0.2) is 9.97 Å². The number of nitrogen functional groups attached to an aromatic ring is 2. The molecule has 3 rings (SSSR count). The quantitative estimate of drug-likeness (QED) is 0.535. The molecule has 0 aromatic carbocycles. The molecule has 0 bridgehead atoms. The summed E-state index contributed by atoms with van der Waals surface area (Å²) in [4.78, 5) is 6.90. The van der Waals surface area contributed by atoms with Crippen molar-refractivity contribution in [2.24, 2.45) is 0 Å². The fourth-order valence-corrected chi connectivity index (χ4v) is 2.26. The Hall–Kier alpha value is -1.78. The second kappa shape index (κ2) is 7.46. The molecule has 26 heavy (non-hydrogen) atoms. The first-order valence-corrected chi connectivity index (χ1v) is 8.57. The second-order valence-corrected chi connectivity index (χ2v) is 7.57. The molecule has 0 aliphatic carbocycles. The summed E-state index contributed by atoms with van der Waals surface area (Å²) >= 11 is 2.94. The topological polar surface area (TPSA) is 96.3 Å². The van der Waals surface area contributed by atoms with E-state index in [-0.39, 0.29) is 17.1 Å². The average Bonchev–Trinajstić information content (AvgIpc) is 2.72. The maximum absolute atomic E-state index is 13.7. The van der Waals surface area contributed by atoms with Crippen molar-refractivity contribution in [3.8, 4) is 0 Å². The van der Waals surface area contributed by atoms with E-state index in [1.54, 1.807) is 6.07 Å². The van der Waals surface area contributed by atoms with Gasteiger partial charge in [0.15, 0.2) is 0 Å². The minimum Gasteiger partial charge on any atom is -0.399 e. The number of halogens is 3. The molecule has 2 aromatic heterocycles. The molecule has 1 fully saturated rings. The van der Waals surface area contributed by atoms with E-state index < -0.39 is 30.2 Å². The van der Waals surface area contributed by atoms with Gasteiger partial charge in [-0.1, -0.05) is 6.07 Å². The molecule has 10 heteroatoms. The molecular weight excluding hydrogens is 409 g/mol. The van der Waals surface area contributed by atoms with Gasteiger partial charge in [0.05, 0.1) is 15.7 Å². The zero-order valence-electron chi connectivity index (χ0n) is 14.9. The molecule has 3 heterocycles. The van der Waals surface area contributed by atoms with E-state index in [2.05, 4.69) is 25.9 Å². The zero-order chi connectivity index (χ0) is 19.7. The van der Waals surface area contributed by atoms with E-state index >= 15 is 0 Å². The Labute approximate surface area is 159 Å². The predicted octanol–water partition coefficient (Wildman–Crippen LogP) is 2.67. The Kier molecular flexibility index (Phi) is 5.89. The molecule has 1 saturated heterocycles. The molecule has 6 nitrogen and oxygen atoms in total. The van der Waals surface area contributed by atoms with Crippen molar-refractivity contribution in [3.05, 3.63) is 40.6 Å². The fraction of sp³-hybridized carbons (Fsp3) is 0.375. The van der Waals surface area contributed by atoms with Crippen LogP contribution in [0.4, 0.5) is 20.4 Å². The number of aromatic nitrogens is 2. The summed E-state index contributed by atoms with van der Waals surface area (Å²) in [5, 5.41) is 0. The molecule has 4 N–H and O–H groups in total. The van der Waals surface area contributed by atoms with Crippen molar-refractivity contribution in [1.29, 1.82) is 0 Å². The van der Waals surface area contributed by atoms with E-state index in [1.165, 1.54) is 18.2 Å². The lowest BCUT2D eigenvalue weighted by Crippen LogP contribution is -2.41. The molecular formula is C16H20BBrF2N4O2. The van der Waals surface area contributed by atoms with Crippen LogP contribution in [0.5, 0.6) is 0 Å². The Bertz CT molecular complexity index is 792. The number of rotatable bonds is 1. The van der Waals surface area contributed by atoms with Crippen LogP contribution in [0.1, 0.15) is 27.7 Å². The monoisotopic (exact) mass is 428 g/mol. The van der Waals surface area contributed by atoms with Crippen LogP contribution >= 0.6 is 15.9 Å². The van der Waals surface area contributed by atoms with Crippen LogP contribution in [0.2, 0.25) is 0 Å². The predicted molar refractivity (Wildman–Crippen MR) is 101 cm³/mol. The van der Waals surface area contributed by atoms with Gasteiger partial charge in [-0.15, -0.1) is 0 Å². The van der Waals surface area contributed by atoms with E-state index in [0.29, 0.717) is 4.47 Å². The lowest BCUT2D eigenvalue weighted by Gasteiger charge is -2.32. The van der Waals surface area contributed by atoms with Crippen LogP contribution in [0.15, 0.2) is 28.7 Å². The molecule has 0 radical (unpaired) electrons. The summed E-state index contributed by atoms with van der Waals surface area (Å²) in [5.74, 6) is -0.892. The number of anilines is 2. The van der Waals surface area contributed by atoms with Crippen molar-refractivity contribution in [3.63, 3.8) is 0 Å². The van der Waals surface area contributed by atoms with Gasteiger partial charge in [-0.3, -0.25) is 0 Å². The highest BCUT2D eigenvalue weighted by atomic mass is 79.9. The minimum absolute atomic E-state index is 0.141. The maximum Gasteiger partial charge on any atom is 0.499 e. The van der Waals surface area contributed by atoms with Gasteiger partial charge in [0.1, 0.15) is 11.6 Å². The number of nitrogens with two attached hydrogens (primary N) is 2. The minimum atomic E-state index is -0.742. The highest BCUT2D eigenvalue weighted by Gasteiger charge is 2.52. The summed E-state index contributed by atoms with van der Waals surface area (Å²) in [6.45, 7) is 7.65. The zero-order valence-corrected chi connectivity index (χ0v) is 16.5. The number of hydrogen-bond acceptors (Lipinski definition) is 6. The van der Waals surface area contributed by atoms with Crippen LogP contribution in [0.25, 0.3) is 0 Å². The summed E-state index contributed by atoms with van der Waals surface area (Å²) < 4.78 is 37.8. The Balaban J connectivity index is 0.000000228. The highest BCUT2D eigenvalue weighted by Crippen LogP contribution is 2.36. The van der Waals surface area contributed by atoms with Gasteiger partial charge < -0.3 is 20.8 Å². The first kappa shape index (κ1) is 20.5. The summed E-state index contributed by atoms with van der Waals surface area (Å²) in [5.41, 5.74) is 9.84. The van der Waals surface area contributed by atoms with Gasteiger partial charge in [0, 0.05) is 5.46 Å². The van der Waals surface area contributed by atoms with Gasteiger partial charge in [-0.05, 0) is 61.8 Å². The smallest absolute Gasteiger partial charge is 0.399 e. The van der Waals surface area contributed by atoms with E-state index in [1.807, 2.05) is 27.7 Å². The normalized spacial score (nSPS) is 17.6. The summed E-state index contributed by atoms with van der Waals surface area (Å²) in [6.07, 6.45) is 0. The molecule has 0 amide bonds. The Morgan fingerprint density at radius 3 is 1.77 bits per heavy atom. The van der Waals surface area contributed by atoms with Crippen molar-refractivity contribution in [1.82, 2.24) is 9.97 Å². The fourth-order valence-electron chi connectivity index (χ4n) is 2.04.